The van der Waals surface area contributed by atoms with Gasteiger partial charge in [-0.1, -0.05) is 65.3 Å². The molecule has 5 rings (SSSR count). The highest BCUT2D eigenvalue weighted by molar-refractivity contribution is 6.03. The van der Waals surface area contributed by atoms with E-state index >= 15 is 0 Å². The highest BCUT2D eigenvalue weighted by atomic mass is 16.7. The van der Waals surface area contributed by atoms with Crippen LogP contribution in [0.1, 0.15) is 114 Å². The van der Waals surface area contributed by atoms with Crippen LogP contribution in [0.5, 0.6) is 0 Å². The Labute approximate surface area is 269 Å². The predicted octanol–water partition coefficient (Wildman–Crippen LogP) is 7.19. The molecule has 0 aromatic rings. The third-order valence-electron chi connectivity index (χ3n) is 13.1. The molecule has 0 aliphatic heterocycles. The van der Waals surface area contributed by atoms with Crippen molar-refractivity contribution in [1.29, 1.82) is 0 Å². The fourth-order valence-corrected chi connectivity index (χ4v) is 10.5. The number of Topliss-reactive ketones (excluding diaryl/α,β-unsaturated/α-hetero) is 1. The van der Waals surface area contributed by atoms with Crippen molar-refractivity contribution in [3.8, 4) is 0 Å². The van der Waals surface area contributed by atoms with Gasteiger partial charge in [0.15, 0.2) is 17.4 Å². The predicted molar refractivity (Wildman–Crippen MR) is 173 cm³/mol. The third kappa shape index (κ3) is 4.94. The Bertz CT molecular complexity index is 1460. The Kier molecular flexibility index (Phi) is 7.73. The number of ether oxygens (including phenoxy) is 1. The van der Waals surface area contributed by atoms with Crippen LogP contribution in [0.3, 0.4) is 0 Å². The maximum Gasteiger partial charge on any atom is 0.341 e. The van der Waals surface area contributed by atoms with Gasteiger partial charge < -0.3 is 20.1 Å². The monoisotopic (exact) mass is 619 g/mol. The number of ketones is 2. The second kappa shape index (κ2) is 10.4. The second-order valence-corrected chi connectivity index (χ2v) is 17.7. The Balaban J connectivity index is 1.57. The lowest BCUT2D eigenvalue weighted by Gasteiger charge is -2.68. The first-order chi connectivity index (χ1) is 20.6. The van der Waals surface area contributed by atoms with E-state index in [1.54, 1.807) is 0 Å². The van der Waals surface area contributed by atoms with Gasteiger partial charge in [0, 0.05) is 16.7 Å². The summed E-state index contributed by atoms with van der Waals surface area (Å²) in [7, 11) is 0. The molecule has 45 heavy (non-hydrogen) atoms. The molecule has 0 radical (unpaired) electrons. The number of nitrogens with two attached hydrogens (primary N) is 1. The number of hydrogen-bond acceptors (Lipinski definition) is 6. The Hall–Kier alpha value is -2.79. The molecular weight excluding hydrogens is 566 g/mol. The largest absolute Gasteiger partial charge is 0.382 e. The Morgan fingerprint density at radius 1 is 1.04 bits per heavy atom. The van der Waals surface area contributed by atoms with Crippen molar-refractivity contribution in [3.05, 3.63) is 34.8 Å². The third-order valence-corrected chi connectivity index (χ3v) is 13.1. The van der Waals surface area contributed by atoms with Gasteiger partial charge in [-0.15, -0.1) is 0 Å². The lowest BCUT2D eigenvalue weighted by atomic mass is 9.34. The van der Waals surface area contributed by atoms with E-state index in [9.17, 15) is 14.4 Å². The molecule has 3 fully saturated rings. The smallest absolute Gasteiger partial charge is 0.341 e. The van der Waals surface area contributed by atoms with E-state index in [1.165, 1.54) is 0 Å². The summed E-state index contributed by atoms with van der Waals surface area (Å²) in [6, 6.07) is 0. The fourth-order valence-electron chi connectivity index (χ4n) is 10.5. The number of carbonyl (C=O) groups is 3. The Morgan fingerprint density at radius 3 is 2.31 bits per heavy atom. The standard InChI is InChI=1S/C37H53N3O5/c1-31(2,3)44-21-27(38)40-45-30(43)37-16-14-32(4,5)19-22(37)28-24(41)18-26-34(8)20-23(39-11)29(42)33(6,7)25(34)12-13-35(26,9)36(28,10)15-17-37/h18,20,22,25,28H,12-17,19,21H2,1-10H3,(H2,38,40)/t22-,25-,28-,34-,35+,36+,37-/m0/s1. The average Bonchev–Trinajstić information content (AvgIpc) is 2.93. The summed E-state index contributed by atoms with van der Waals surface area (Å²) in [6.07, 6.45) is 8.95. The molecule has 0 saturated heterocycles. The molecule has 246 valence electrons. The summed E-state index contributed by atoms with van der Waals surface area (Å²) in [5.74, 6) is -0.921. The topological polar surface area (TPSA) is 112 Å². The number of fused-ring (bicyclic) bond motifs is 7. The summed E-state index contributed by atoms with van der Waals surface area (Å²) in [4.78, 5) is 51.4. The van der Waals surface area contributed by atoms with Crippen LogP contribution in [0, 0.1) is 56.8 Å². The van der Waals surface area contributed by atoms with Gasteiger partial charge in [0.2, 0.25) is 5.70 Å². The van der Waals surface area contributed by atoms with Gasteiger partial charge in [0.1, 0.15) is 6.61 Å². The maximum absolute atomic E-state index is 14.7. The normalized spacial score (nSPS) is 40.5. The molecule has 8 nitrogen and oxygen atoms in total. The first-order valence-electron chi connectivity index (χ1n) is 16.7. The van der Waals surface area contributed by atoms with Crippen LogP contribution in [0.2, 0.25) is 0 Å². The zero-order valence-corrected chi connectivity index (χ0v) is 29.1. The van der Waals surface area contributed by atoms with Crippen molar-refractivity contribution in [2.24, 2.45) is 61.1 Å². The minimum atomic E-state index is -0.830. The van der Waals surface area contributed by atoms with Gasteiger partial charge in [-0.2, -0.15) is 0 Å². The average molecular weight is 620 g/mol. The molecule has 0 unspecified atom stereocenters. The van der Waals surface area contributed by atoms with Gasteiger partial charge in [0.25, 0.3) is 0 Å². The second-order valence-electron chi connectivity index (χ2n) is 17.7. The summed E-state index contributed by atoms with van der Waals surface area (Å²) in [6.45, 7) is 28.7. The first-order valence-corrected chi connectivity index (χ1v) is 16.7. The lowest BCUT2D eigenvalue weighted by Crippen LogP contribution is -2.65. The highest BCUT2D eigenvalue weighted by Gasteiger charge is 2.71. The van der Waals surface area contributed by atoms with Gasteiger partial charge >= 0.3 is 5.97 Å². The van der Waals surface area contributed by atoms with E-state index in [4.69, 9.17) is 21.9 Å². The van der Waals surface area contributed by atoms with E-state index < -0.39 is 33.2 Å². The molecule has 2 N–H and O–H groups in total. The van der Waals surface area contributed by atoms with Crippen LogP contribution < -0.4 is 5.73 Å². The molecule has 5 aliphatic rings. The summed E-state index contributed by atoms with van der Waals surface area (Å²) < 4.78 is 5.70. The van der Waals surface area contributed by atoms with E-state index in [2.05, 4.69) is 44.6 Å². The highest BCUT2D eigenvalue weighted by Crippen LogP contribution is 2.74. The molecule has 0 spiro atoms. The molecule has 5 aliphatic carbocycles. The molecule has 0 heterocycles. The van der Waals surface area contributed by atoms with Gasteiger partial charge in [-0.3, -0.25) is 4.79 Å². The zero-order valence-electron chi connectivity index (χ0n) is 29.1. The van der Waals surface area contributed by atoms with Crippen molar-refractivity contribution >= 4 is 23.4 Å². The van der Waals surface area contributed by atoms with E-state index in [0.717, 1.165) is 31.3 Å². The van der Waals surface area contributed by atoms with Crippen molar-refractivity contribution in [2.45, 2.75) is 120 Å². The lowest BCUT2D eigenvalue weighted by molar-refractivity contribution is -0.193. The number of amidine groups is 1. The van der Waals surface area contributed by atoms with Gasteiger partial charge in [0.05, 0.1) is 17.6 Å². The number of allylic oxidation sites excluding steroid dienone is 4. The number of carbonyl (C=O) groups excluding carboxylic acids is 3. The number of nitrogens with zero attached hydrogens (tertiary/aromatic N) is 2. The van der Waals surface area contributed by atoms with E-state index in [1.807, 2.05) is 46.8 Å². The Morgan fingerprint density at radius 2 is 1.69 bits per heavy atom. The van der Waals surface area contributed by atoms with Crippen LogP contribution in [0.25, 0.3) is 4.85 Å². The van der Waals surface area contributed by atoms with Crippen molar-refractivity contribution < 1.29 is 24.0 Å². The molecule has 7 atom stereocenters. The quantitative estimate of drug-likeness (QED) is 0.117. The van der Waals surface area contributed by atoms with Crippen LogP contribution in [-0.4, -0.2) is 35.6 Å². The van der Waals surface area contributed by atoms with Crippen LogP contribution >= 0.6 is 0 Å². The van der Waals surface area contributed by atoms with E-state index in [0.29, 0.717) is 19.3 Å². The minimum absolute atomic E-state index is 0.00729. The van der Waals surface area contributed by atoms with Crippen molar-refractivity contribution in [2.75, 3.05) is 6.61 Å². The van der Waals surface area contributed by atoms with Crippen LogP contribution in [0.4, 0.5) is 0 Å². The van der Waals surface area contributed by atoms with Gasteiger partial charge in [-0.25, -0.2) is 9.64 Å². The number of hydrogen-bond donors (Lipinski definition) is 1. The number of oxime groups is 1. The number of rotatable bonds is 4. The zero-order chi connectivity index (χ0) is 33.6. The summed E-state index contributed by atoms with van der Waals surface area (Å²) in [5.41, 5.74) is 3.97. The molecule has 0 aromatic heterocycles. The fraction of sp³-hybridized carbons (Fsp3) is 0.757. The summed E-state index contributed by atoms with van der Waals surface area (Å²) in [5, 5.41) is 4.00. The molecular formula is C37H53N3O5. The summed E-state index contributed by atoms with van der Waals surface area (Å²) >= 11 is 0. The van der Waals surface area contributed by atoms with Crippen molar-refractivity contribution in [1.82, 2.24) is 0 Å². The molecule has 0 aromatic carbocycles. The maximum atomic E-state index is 14.7. The van der Waals surface area contributed by atoms with E-state index in [-0.39, 0.29) is 58.3 Å². The minimum Gasteiger partial charge on any atom is -0.382 e. The molecule has 0 bridgehead atoms. The van der Waals surface area contributed by atoms with Gasteiger partial charge in [-0.05, 0) is 99.9 Å². The van der Waals surface area contributed by atoms with Crippen LogP contribution in [-0.2, 0) is 24.0 Å². The van der Waals surface area contributed by atoms with Crippen LogP contribution in [0.15, 0.2) is 28.6 Å². The molecule has 0 amide bonds. The molecule has 8 heteroatoms. The first kappa shape index (κ1) is 33.6. The molecule has 3 saturated carbocycles. The SMILES string of the molecule is [C-]#[N+]C1=C[C@]2(C)C3=CC(=O)[C@@H]4[C@@H]5CC(C)(C)CC[C@]5(C(=O)O/N=C(\N)COC(C)(C)C)CC[C@@]4(C)[C@]3(C)CC[C@H]2C(C)(C)C1=O. The van der Waals surface area contributed by atoms with Crippen molar-refractivity contribution in [3.63, 3.8) is 0 Å².